The molecule has 127 valence electrons. The van der Waals surface area contributed by atoms with Crippen LogP contribution in [0.1, 0.15) is 45.7 Å². The number of hydrogen-bond acceptors (Lipinski definition) is 2. The third kappa shape index (κ3) is 1.91. The van der Waals surface area contributed by atoms with Crippen LogP contribution in [-0.4, -0.2) is 11.7 Å². The van der Waals surface area contributed by atoms with Gasteiger partial charge in [-0.3, -0.25) is 0 Å². The van der Waals surface area contributed by atoms with Gasteiger partial charge in [-0.25, -0.2) is 0 Å². The average molecular weight is 407 g/mol. The van der Waals surface area contributed by atoms with Crippen molar-refractivity contribution in [3.8, 4) is 0 Å². The number of anilines is 3. The first-order valence-electron chi connectivity index (χ1n) is 8.47. The second-order valence-corrected chi connectivity index (χ2v) is 7.94. The molecule has 1 radical (unpaired) electrons. The molecule has 2 nitrogen and oxygen atoms in total. The molecule has 2 aromatic rings. The van der Waals surface area contributed by atoms with E-state index >= 15 is 0 Å². The van der Waals surface area contributed by atoms with Gasteiger partial charge >= 0.3 is 19.5 Å². The Morgan fingerprint density at radius 3 is 2.42 bits per heavy atom. The van der Waals surface area contributed by atoms with Crippen LogP contribution in [-0.2, 0) is 24.9 Å². The van der Waals surface area contributed by atoms with Crippen LogP contribution >= 0.6 is 0 Å². The summed E-state index contributed by atoms with van der Waals surface area (Å²) in [5.41, 5.74) is 6.98. The predicted molar refractivity (Wildman–Crippen MR) is 97.6 cm³/mol. The summed E-state index contributed by atoms with van der Waals surface area (Å²) in [6, 6.07) is 16.3. The first-order chi connectivity index (χ1) is 10.8. The summed E-state index contributed by atoms with van der Waals surface area (Å²) in [6.45, 7) is 14.0. The fourth-order valence-electron chi connectivity index (χ4n) is 4.45. The molecule has 3 heteroatoms. The van der Waals surface area contributed by atoms with Crippen molar-refractivity contribution in [2.24, 2.45) is 0 Å². The van der Waals surface area contributed by atoms with Crippen LogP contribution in [0, 0.1) is 13.0 Å². The van der Waals surface area contributed by atoms with E-state index in [0.717, 1.165) is 0 Å². The van der Waals surface area contributed by atoms with E-state index in [2.05, 4.69) is 87.7 Å². The molecule has 0 N–H and O–H groups in total. The van der Waals surface area contributed by atoms with E-state index in [4.69, 9.17) is 0 Å². The Morgan fingerprint density at radius 1 is 1.04 bits per heavy atom. The molecule has 0 saturated heterocycles. The Kier molecular flexibility index (Phi) is 3.88. The third-order valence-corrected chi connectivity index (χ3v) is 6.38. The number of benzene rings is 2. The van der Waals surface area contributed by atoms with Crippen molar-refractivity contribution in [1.82, 2.24) is 0 Å². The Balaban J connectivity index is 0.00000169. The number of nitrogens with zero attached hydrogens (tertiary/aromatic N) is 2. The summed E-state index contributed by atoms with van der Waals surface area (Å²) in [5, 5.41) is 0. The number of hydrogen-bond donors (Lipinski definition) is 0. The molecule has 24 heavy (non-hydrogen) atoms. The van der Waals surface area contributed by atoms with Gasteiger partial charge in [-0.15, -0.1) is 5.56 Å². The van der Waals surface area contributed by atoms with Crippen molar-refractivity contribution < 1.29 is 19.5 Å². The van der Waals surface area contributed by atoms with Crippen LogP contribution in [0.25, 0.3) is 0 Å². The van der Waals surface area contributed by atoms with Gasteiger partial charge in [0.15, 0.2) is 0 Å². The molecule has 0 amide bonds. The second-order valence-electron chi connectivity index (χ2n) is 7.94. The summed E-state index contributed by atoms with van der Waals surface area (Å²) in [5.74, 6) is 0. The first kappa shape index (κ1) is 17.5. The van der Waals surface area contributed by atoms with E-state index in [9.17, 15) is 0 Å². The fourth-order valence-corrected chi connectivity index (χ4v) is 4.45. The van der Waals surface area contributed by atoms with Crippen molar-refractivity contribution in [2.75, 3.05) is 9.80 Å². The molecule has 1 atom stereocenters. The molecule has 2 aliphatic heterocycles. The molecule has 0 aromatic heterocycles. The zero-order chi connectivity index (χ0) is 16.6. The van der Waals surface area contributed by atoms with Gasteiger partial charge in [-0.05, 0) is 32.4 Å². The quantitative estimate of drug-likeness (QED) is 0.476. The SMILES string of the molecule is Cc1cc[c-]cc1N1c2cccc3c2N([C@@H]1C)C(C)(C)C3(C)C.[Ru+]. The fraction of sp³-hybridized carbons (Fsp3) is 0.429. The molecule has 2 aliphatic rings. The second kappa shape index (κ2) is 5.33. The molecule has 0 unspecified atom stereocenters. The molecule has 2 heterocycles. The van der Waals surface area contributed by atoms with E-state index in [1.807, 2.05) is 6.07 Å². The van der Waals surface area contributed by atoms with E-state index < -0.39 is 0 Å². The maximum atomic E-state index is 3.25. The Morgan fingerprint density at radius 2 is 1.75 bits per heavy atom. The Bertz CT molecular complexity index is 794. The third-order valence-electron chi connectivity index (χ3n) is 6.38. The summed E-state index contributed by atoms with van der Waals surface area (Å²) in [6.07, 6.45) is 0.303. The molecular formula is C21H25N2Ru. The first-order valence-corrected chi connectivity index (χ1v) is 8.47. The van der Waals surface area contributed by atoms with Gasteiger partial charge in [0.1, 0.15) is 0 Å². The van der Waals surface area contributed by atoms with Gasteiger partial charge < -0.3 is 9.80 Å². The topological polar surface area (TPSA) is 6.48 Å². The van der Waals surface area contributed by atoms with Crippen LogP contribution in [0.2, 0.25) is 0 Å². The molecular weight excluding hydrogens is 381 g/mol. The van der Waals surface area contributed by atoms with Gasteiger partial charge in [0, 0.05) is 11.0 Å². The summed E-state index contributed by atoms with van der Waals surface area (Å²) in [4.78, 5) is 5.09. The van der Waals surface area contributed by atoms with E-state index in [1.54, 1.807) is 0 Å². The molecule has 0 fully saturated rings. The zero-order valence-corrected chi connectivity index (χ0v) is 17.0. The summed E-state index contributed by atoms with van der Waals surface area (Å²) in [7, 11) is 0. The van der Waals surface area contributed by atoms with Crippen LogP contribution < -0.4 is 9.80 Å². The predicted octanol–water partition coefficient (Wildman–Crippen LogP) is 5.17. The van der Waals surface area contributed by atoms with Crippen molar-refractivity contribution in [3.05, 3.63) is 53.6 Å². The molecule has 0 saturated carbocycles. The monoisotopic (exact) mass is 407 g/mol. The van der Waals surface area contributed by atoms with Gasteiger partial charge in [-0.2, -0.15) is 24.3 Å². The van der Waals surface area contributed by atoms with Crippen LogP contribution in [0.3, 0.4) is 0 Å². The van der Waals surface area contributed by atoms with Crippen molar-refractivity contribution in [2.45, 2.75) is 58.7 Å². The van der Waals surface area contributed by atoms with Crippen LogP contribution in [0.15, 0.2) is 36.4 Å². The minimum Gasteiger partial charge on any atom is -0.374 e. The normalized spacial score (nSPS) is 22.3. The summed E-state index contributed by atoms with van der Waals surface area (Å²) >= 11 is 0. The summed E-state index contributed by atoms with van der Waals surface area (Å²) < 4.78 is 0. The van der Waals surface area contributed by atoms with Gasteiger partial charge in [0.25, 0.3) is 0 Å². The molecule has 0 aliphatic carbocycles. The smallest absolute Gasteiger partial charge is 0.374 e. The van der Waals surface area contributed by atoms with E-state index in [-0.39, 0.29) is 30.4 Å². The number of rotatable bonds is 1. The minimum absolute atomic E-state index is 0. The maximum Gasteiger partial charge on any atom is 1.00 e. The van der Waals surface area contributed by atoms with Gasteiger partial charge in [-0.1, -0.05) is 38.6 Å². The maximum absolute atomic E-state index is 3.25. The number of aryl methyl sites for hydroxylation is 1. The Hall–Kier alpha value is -1.34. The molecule has 2 aromatic carbocycles. The molecule has 0 bridgehead atoms. The zero-order valence-electron chi connectivity index (χ0n) is 15.3. The van der Waals surface area contributed by atoms with Crippen LogP contribution in [0.5, 0.6) is 0 Å². The van der Waals surface area contributed by atoms with Crippen LogP contribution in [0.4, 0.5) is 17.1 Å². The standard InChI is InChI=1S/C21H25N2.Ru/c1-14-10-7-8-12-17(14)22-15(2)23-19-16(11-9-13-18(19)22)20(3,4)21(23,5)6;/h7,9-13,15H,1-6H3;/q-1;+1/t15-;/m1./s1. The van der Waals surface area contributed by atoms with Crippen molar-refractivity contribution in [3.63, 3.8) is 0 Å². The largest absolute Gasteiger partial charge is 1.00 e. The number of para-hydroxylation sites is 1. The van der Waals surface area contributed by atoms with Gasteiger partial charge in [0.05, 0.1) is 17.5 Å². The Labute approximate surface area is 158 Å². The average Bonchev–Trinajstić information content (AvgIpc) is 2.87. The van der Waals surface area contributed by atoms with Crippen molar-refractivity contribution in [1.29, 1.82) is 0 Å². The molecule has 4 rings (SSSR count). The van der Waals surface area contributed by atoms with Gasteiger partial charge in [0.2, 0.25) is 0 Å². The van der Waals surface area contributed by atoms with Crippen molar-refractivity contribution >= 4 is 17.1 Å². The van der Waals surface area contributed by atoms with E-state index in [1.165, 1.54) is 28.2 Å². The molecule has 0 spiro atoms. The minimum atomic E-state index is 0. The van der Waals surface area contributed by atoms with E-state index in [0.29, 0.717) is 6.17 Å².